The summed E-state index contributed by atoms with van der Waals surface area (Å²) in [5.74, 6) is -0.470. The lowest BCUT2D eigenvalue weighted by Crippen LogP contribution is -2.10. The molecule has 2 rings (SSSR count). The first kappa shape index (κ1) is 8.83. The molecule has 1 amide bonds. The number of primary amides is 1. The van der Waals surface area contributed by atoms with E-state index in [0.717, 1.165) is 11.4 Å². The summed E-state index contributed by atoms with van der Waals surface area (Å²) in [6.07, 6.45) is 1.46. The van der Waals surface area contributed by atoms with Crippen molar-refractivity contribution < 1.29 is 4.79 Å². The number of nitrogens with two attached hydrogens (primary N) is 1. The van der Waals surface area contributed by atoms with Gasteiger partial charge in [-0.1, -0.05) is 0 Å². The zero-order valence-electron chi connectivity index (χ0n) is 7.18. The number of rotatable bonds is 2. The lowest BCUT2D eigenvalue weighted by molar-refractivity contribution is 0.1000. The molecule has 0 saturated heterocycles. The molecule has 0 unspecified atom stereocenters. The summed E-state index contributed by atoms with van der Waals surface area (Å²) in [7, 11) is 0. The average molecular weight is 205 g/mol. The van der Waals surface area contributed by atoms with Gasteiger partial charge < -0.3 is 5.73 Å². The van der Waals surface area contributed by atoms with Crippen molar-refractivity contribution in [2.45, 2.75) is 0 Å². The van der Waals surface area contributed by atoms with Gasteiger partial charge in [0.25, 0.3) is 0 Å². The second kappa shape index (κ2) is 3.55. The van der Waals surface area contributed by atoms with Gasteiger partial charge in [-0.25, -0.2) is 4.98 Å². The SMILES string of the molecule is NC(=O)c1ccc(-c2cscn2)nc1. The van der Waals surface area contributed by atoms with E-state index in [1.807, 2.05) is 5.38 Å². The minimum atomic E-state index is -0.470. The third kappa shape index (κ3) is 1.62. The van der Waals surface area contributed by atoms with E-state index in [-0.39, 0.29) is 0 Å². The smallest absolute Gasteiger partial charge is 0.250 e. The van der Waals surface area contributed by atoms with Crippen LogP contribution in [0, 0.1) is 0 Å². The van der Waals surface area contributed by atoms with Gasteiger partial charge in [0.15, 0.2) is 0 Å². The van der Waals surface area contributed by atoms with Crippen molar-refractivity contribution in [3.8, 4) is 11.4 Å². The van der Waals surface area contributed by atoms with E-state index >= 15 is 0 Å². The minimum absolute atomic E-state index is 0.406. The Morgan fingerprint density at radius 2 is 2.14 bits per heavy atom. The van der Waals surface area contributed by atoms with Crippen LogP contribution in [0.2, 0.25) is 0 Å². The molecule has 0 spiro atoms. The van der Waals surface area contributed by atoms with E-state index in [2.05, 4.69) is 9.97 Å². The summed E-state index contributed by atoms with van der Waals surface area (Å²) in [5, 5.41) is 1.90. The Hall–Kier alpha value is -1.75. The fourth-order valence-corrected chi connectivity index (χ4v) is 1.58. The lowest BCUT2D eigenvalue weighted by Gasteiger charge is -1.96. The van der Waals surface area contributed by atoms with E-state index < -0.39 is 5.91 Å². The largest absolute Gasteiger partial charge is 0.366 e. The molecule has 0 saturated carbocycles. The van der Waals surface area contributed by atoms with Gasteiger partial charge in [0.2, 0.25) is 5.91 Å². The van der Waals surface area contributed by atoms with Crippen molar-refractivity contribution in [2.75, 3.05) is 0 Å². The molecule has 70 valence electrons. The van der Waals surface area contributed by atoms with Gasteiger partial charge >= 0.3 is 0 Å². The third-order valence-electron chi connectivity index (χ3n) is 1.74. The first-order chi connectivity index (χ1) is 6.77. The van der Waals surface area contributed by atoms with Crippen molar-refractivity contribution in [2.24, 2.45) is 5.73 Å². The van der Waals surface area contributed by atoms with E-state index in [1.165, 1.54) is 17.5 Å². The van der Waals surface area contributed by atoms with E-state index in [4.69, 9.17) is 5.73 Å². The summed E-state index contributed by atoms with van der Waals surface area (Å²) >= 11 is 1.50. The number of pyridine rings is 1. The summed E-state index contributed by atoms with van der Waals surface area (Å²) in [6, 6.07) is 3.37. The molecule has 2 heterocycles. The van der Waals surface area contributed by atoms with E-state index in [1.54, 1.807) is 17.6 Å². The predicted octanol–water partition coefficient (Wildman–Crippen LogP) is 1.30. The Bertz CT molecular complexity index is 436. The molecule has 5 heteroatoms. The third-order valence-corrected chi connectivity index (χ3v) is 2.33. The second-order valence-electron chi connectivity index (χ2n) is 2.67. The lowest BCUT2D eigenvalue weighted by atomic mass is 10.2. The zero-order valence-corrected chi connectivity index (χ0v) is 7.99. The maximum absolute atomic E-state index is 10.8. The number of amides is 1. The molecule has 0 aliphatic rings. The zero-order chi connectivity index (χ0) is 9.97. The first-order valence-corrected chi connectivity index (χ1v) is 4.86. The molecule has 2 N–H and O–H groups in total. The van der Waals surface area contributed by atoms with Crippen LogP contribution in [0.3, 0.4) is 0 Å². The van der Waals surface area contributed by atoms with Crippen LogP contribution in [0.5, 0.6) is 0 Å². The Morgan fingerprint density at radius 1 is 1.29 bits per heavy atom. The van der Waals surface area contributed by atoms with Crippen LogP contribution < -0.4 is 5.73 Å². The van der Waals surface area contributed by atoms with Gasteiger partial charge in [-0.15, -0.1) is 11.3 Å². The summed E-state index contributed by atoms with van der Waals surface area (Å²) < 4.78 is 0. The highest BCUT2D eigenvalue weighted by Crippen LogP contribution is 2.16. The average Bonchev–Trinajstić information content (AvgIpc) is 2.71. The van der Waals surface area contributed by atoms with Crippen LogP contribution in [0.15, 0.2) is 29.2 Å². The molecule has 14 heavy (non-hydrogen) atoms. The van der Waals surface area contributed by atoms with E-state index in [0.29, 0.717) is 5.56 Å². The highest BCUT2D eigenvalue weighted by atomic mass is 32.1. The van der Waals surface area contributed by atoms with Crippen LogP contribution in [0.4, 0.5) is 0 Å². The number of hydrogen-bond acceptors (Lipinski definition) is 4. The summed E-state index contributed by atoms with van der Waals surface area (Å²) in [4.78, 5) is 19.0. The number of aromatic nitrogens is 2. The Kier molecular flexibility index (Phi) is 2.24. The number of thiazole rings is 1. The molecule has 0 aromatic carbocycles. The van der Waals surface area contributed by atoms with E-state index in [9.17, 15) is 4.79 Å². The van der Waals surface area contributed by atoms with Crippen molar-refractivity contribution >= 4 is 17.2 Å². The molecule has 0 aliphatic carbocycles. The van der Waals surface area contributed by atoms with Crippen LogP contribution >= 0.6 is 11.3 Å². The van der Waals surface area contributed by atoms with Crippen LogP contribution in [0.1, 0.15) is 10.4 Å². The molecular weight excluding hydrogens is 198 g/mol. The predicted molar refractivity (Wildman–Crippen MR) is 53.9 cm³/mol. The number of nitrogens with zero attached hydrogens (tertiary/aromatic N) is 2. The number of hydrogen-bond donors (Lipinski definition) is 1. The molecular formula is C9H7N3OS. The molecule has 0 atom stereocenters. The van der Waals surface area contributed by atoms with Crippen molar-refractivity contribution in [1.82, 2.24) is 9.97 Å². The molecule has 0 fully saturated rings. The van der Waals surface area contributed by atoms with Crippen molar-refractivity contribution in [1.29, 1.82) is 0 Å². The van der Waals surface area contributed by atoms with Gasteiger partial charge in [-0.05, 0) is 12.1 Å². The minimum Gasteiger partial charge on any atom is -0.366 e. The maximum atomic E-state index is 10.8. The molecule has 4 nitrogen and oxygen atoms in total. The topological polar surface area (TPSA) is 68.9 Å². The summed E-state index contributed by atoms with van der Waals surface area (Å²) in [6.45, 7) is 0. The molecule has 0 bridgehead atoms. The van der Waals surface area contributed by atoms with Gasteiger partial charge in [-0.3, -0.25) is 9.78 Å². The fourth-order valence-electron chi connectivity index (χ4n) is 1.03. The Labute approximate surface area is 84.4 Å². The normalized spacial score (nSPS) is 10.0. The van der Waals surface area contributed by atoms with Crippen LogP contribution in [0.25, 0.3) is 11.4 Å². The fraction of sp³-hybridized carbons (Fsp3) is 0. The Balaban J connectivity index is 2.36. The highest BCUT2D eigenvalue weighted by molar-refractivity contribution is 7.07. The van der Waals surface area contributed by atoms with Crippen molar-refractivity contribution in [3.05, 3.63) is 34.8 Å². The van der Waals surface area contributed by atoms with Gasteiger partial charge in [-0.2, -0.15) is 0 Å². The maximum Gasteiger partial charge on any atom is 0.250 e. The monoisotopic (exact) mass is 205 g/mol. The van der Waals surface area contributed by atoms with Gasteiger partial charge in [0.1, 0.15) is 0 Å². The number of carbonyl (C=O) groups excluding carboxylic acids is 1. The summed E-state index contributed by atoms with van der Waals surface area (Å²) in [5.41, 5.74) is 8.79. The highest BCUT2D eigenvalue weighted by Gasteiger charge is 2.03. The van der Waals surface area contributed by atoms with Crippen LogP contribution in [-0.4, -0.2) is 15.9 Å². The second-order valence-corrected chi connectivity index (χ2v) is 3.39. The van der Waals surface area contributed by atoms with Crippen molar-refractivity contribution in [3.63, 3.8) is 0 Å². The van der Waals surface area contributed by atoms with Gasteiger partial charge in [0, 0.05) is 11.6 Å². The molecule has 2 aromatic heterocycles. The Morgan fingerprint density at radius 3 is 2.64 bits per heavy atom. The van der Waals surface area contributed by atoms with Gasteiger partial charge in [0.05, 0.1) is 22.5 Å². The number of carbonyl (C=O) groups is 1. The first-order valence-electron chi connectivity index (χ1n) is 3.92. The van der Waals surface area contributed by atoms with Crippen LogP contribution in [-0.2, 0) is 0 Å². The quantitative estimate of drug-likeness (QED) is 0.803. The standard InChI is InChI=1S/C9H7N3OS/c10-9(13)6-1-2-7(11-3-6)8-4-14-5-12-8/h1-5H,(H2,10,13). The molecule has 2 aromatic rings. The molecule has 0 aliphatic heterocycles. The molecule has 0 radical (unpaired) electrons.